The first kappa shape index (κ1) is 14.8. The van der Waals surface area contributed by atoms with Gasteiger partial charge in [0.1, 0.15) is 0 Å². The fraction of sp³-hybridized carbons (Fsp3) is 0.750. The van der Waals surface area contributed by atoms with Crippen molar-refractivity contribution >= 4 is 40.1 Å². The largest absolute Gasteiger partial charge is 0.326 e. The van der Waals surface area contributed by atoms with Gasteiger partial charge >= 0.3 is 8.25 Å². The molecular formula is C8H15Br2O3P. The highest BCUT2D eigenvalue weighted by Crippen LogP contribution is 2.37. The van der Waals surface area contributed by atoms with Crippen molar-refractivity contribution in [2.45, 2.75) is 25.4 Å². The molecule has 14 heavy (non-hydrogen) atoms. The van der Waals surface area contributed by atoms with E-state index in [1.54, 1.807) is 0 Å². The summed E-state index contributed by atoms with van der Waals surface area (Å²) in [6.45, 7) is 5.63. The first-order valence-electron chi connectivity index (χ1n) is 4.18. The van der Waals surface area contributed by atoms with E-state index in [9.17, 15) is 4.57 Å². The Kier molecular flexibility index (Phi) is 7.61. The molecule has 0 aliphatic rings. The normalized spacial score (nSPS) is 14.0. The average molecular weight is 350 g/mol. The minimum absolute atomic E-state index is 0.644. The maximum absolute atomic E-state index is 10.8. The summed E-state index contributed by atoms with van der Waals surface area (Å²) in [5.41, 5.74) is 0.0986. The highest BCUT2D eigenvalue weighted by atomic mass is 79.9. The molecule has 0 rings (SSSR count). The molecule has 0 saturated heterocycles. The zero-order valence-electron chi connectivity index (χ0n) is 8.06. The molecule has 1 N–H and O–H groups in total. The third-order valence-electron chi connectivity index (χ3n) is 2.06. The fourth-order valence-corrected chi connectivity index (χ4v) is 3.21. The van der Waals surface area contributed by atoms with Crippen LogP contribution in [0.25, 0.3) is 0 Å². The molecule has 1 atom stereocenters. The smallest absolute Gasteiger partial charge is 0.317 e. The van der Waals surface area contributed by atoms with Gasteiger partial charge in [-0.25, -0.2) is 0 Å². The first-order valence-corrected chi connectivity index (χ1v) is 7.69. The van der Waals surface area contributed by atoms with Gasteiger partial charge in [0.2, 0.25) is 0 Å². The summed E-state index contributed by atoms with van der Waals surface area (Å²) in [6.07, 6.45) is 1.29. The third kappa shape index (κ3) is 4.58. The molecule has 0 aromatic heterocycles. The van der Waals surface area contributed by atoms with E-state index in [1.165, 1.54) is 0 Å². The van der Waals surface area contributed by atoms with Gasteiger partial charge in [-0.3, -0.25) is 9.09 Å². The lowest BCUT2D eigenvalue weighted by Gasteiger charge is -2.32. The van der Waals surface area contributed by atoms with E-state index in [2.05, 4.69) is 38.4 Å². The van der Waals surface area contributed by atoms with Crippen LogP contribution in [-0.4, -0.2) is 21.2 Å². The van der Waals surface area contributed by atoms with Gasteiger partial charge in [0.05, 0.1) is 5.60 Å². The van der Waals surface area contributed by atoms with Crippen LogP contribution < -0.4 is 0 Å². The summed E-state index contributed by atoms with van der Waals surface area (Å²) >= 11 is 6.61. The number of hydrogen-bond acceptors (Lipinski definition) is 2. The van der Waals surface area contributed by atoms with Crippen molar-refractivity contribution in [1.82, 2.24) is 0 Å². The summed E-state index contributed by atoms with van der Waals surface area (Å²) in [4.78, 5) is 8.84. The van der Waals surface area contributed by atoms with Gasteiger partial charge in [0.25, 0.3) is 0 Å². The molecule has 0 heterocycles. The molecule has 0 aliphatic carbocycles. The summed E-state index contributed by atoms with van der Waals surface area (Å²) in [7, 11) is -2.93. The van der Waals surface area contributed by atoms with Gasteiger partial charge in [-0.2, -0.15) is 0 Å². The van der Waals surface area contributed by atoms with Crippen molar-refractivity contribution in [1.29, 1.82) is 0 Å². The van der Waals surface area contributed by atoms with Crippen molar-refractivity contribution in [3.05, 3.63) is 12.2 Å². The lowest BCUT2D eigenvalue weighted by molar-refractivity contribution is 0.0964. The average Bonchev–Trinajstić information content (AvgIpc) is 2.03. The second-order valence-corrected chi connectivity index (χ2v) is 5.34. The minimum Gasteiger partial charge on any atom is -0.326 e. The van der Waals surface area contributed by atoms with Crippen LogP contribution in [0.4, 0.5) is 0 Å². The van der Waals surface area contributed by atoms with Crippen LogP contribution in [0.15, 0.2) is 12.2 Å². The summed E-state index contributed by atoms with van der Waals surface area (Å²) in [5, 5.41) is 1.42. The van der Waals surface area contributed by atoms with Crippen molar-refractivity contribution in [2.24, 2.45) is 0 Å². The summed E-state index contributed by atoms with van der Waals surface area (Å²) in [6, 6.07) is 0. The Hall–Kier alpha value is 0.850. The van der Waals surface area contributed by atoms with Crippen molar-refractivity contribution in [3.8, 4) is 0 Å². The Morgan fingerprint density at radius 3 is 2.14 bits per heavy atom. The first-order chi connectivity index (χ1) is 6.48. The van der Waals surface area contributed by atoms with Gasteiger partial charge in [-0.1, -0.05) is 38.4 Å². The fourth-order valence-electron chi connectivity index (χ4n) is 1.21. The minimum atomic E-state index is -2.93. The lowest BCUT2D eigenvalue weighted by Crippen LogP contribution is -2.32. The molecule has 0 saturated carbocycles. The van der Waals surface area contributed by atoms with Crippen LogP contribution >= 0.6 is 40.1 Å². The quantitative estimate of drug-likeness (QED) is 0.436. The topological polar surface area (TPSA) is 46.5 Å². The van der Waals surface area contributed by atoms with E-state index < -0.39 is 13.9 Å². The molecule has 0 aromatic rings. The molecule has 3 nitrogen and oxygen atoms in total. The molecular weight excluding hydrogens is 335 g/mol. The Bertz CT molecular complexity index is 215. The van der Waals surface area contributed by atoms with Crippen LogP contribution in [0.3, 0.4) is 0 Å². The van der Waals surface area contributed by atoms with Gasteiger partial charge in [-0.05, 0) is 25.3 Å². The Morgan fingerprint density at radius 2 is 1.93 bits per heavy atom. The number of rotatable bonds is 7. The zero-order valence-corrected chi connectivity index (χ0v) is 12.2. The van der Waals surface area contributed by atoms with Crippen LogP contribution in [0.5, 0.6) is 0 Å². The predicted molar refractivity (Wildman–Crippen MR) is 66.7 cm³/mol. The Balaban J connectivity index is 4.73. The maximum Gasteiger partial charge on any atom is 0.317 e. The van der Waals surface area contributed by atoms with E-state index in [-0.39, 0.29) is 0 Å². The standard InChI is InChI=1S/C8H15Br2O3P/c1-7(2)8(3-5-9,4-6-10)13-14(11)12/h14H,1,3-6H2,2H3,(H,11,12). The monoisotopic (exact) mass is 348 g/mol. The van der Waals surface area contributed by atoms with Crippen LogP contribution in [0.2, 0.25) is 0 Å². The van der Waals surface area contributed by atoms with E-state index in [4.69, 9.17) is 9.42 Å². The van der Waals surface area contributed by atoms with E-state index in [0.717, 1.165) is 5.57 Å². The van der Waals surface area contributed by atoms with Crippen LogP contribution in [0.1, 0.15) is 19.8 Å². The third-order valence-corrected chi connectivity index (χ3v) is 3.42. The molecule has 0 aromatic carbocycles. The van der Waals surface area contributed by atoms with Gasteiger partial charge in [0.15, 0.2) is 0 Å². The number of hydrogen-bond donors (Lipinski definition) is 1. The molecule has 1 unspecified atom stereocenters. The number of alkyl halides is 2. The highest BCUT2D eigenvalue weighted by molar-refractivity contribution is 9.09. The zero-order chi connectivity index (χ0) is 11.2. The second-order valence-electron chi connectivity index (χ2n) is 3.02. The van der Waals surface area contributed by atoms with Crippen LogP contribution in [0, 0.1) is 0 Å². The second kappa shape index (κ2) is 7.18. The van der Waals surface area contributed by atoms with Crippen molar-refractivity contribution in [3.63, 3.8) is 0 Å². The maximum atomic E-state index is 10.8. The number of halogens is 2. The van der Waals surface area contributed by atoms with Gasteiger partial charge in [-0.15, -0.1) is 0 Å². The van der Waals surface area contributed by atoms with E-state index in [0.29, 0.717) is 23.5 Å². The van der Waals surface area contributed by atoms with Gasteiger partial charge < -0.3 is 4.89 Å². The Labute approximate surface area is 102 Å². The van der Waals surface area contributed by atoms with Crippen LogP contribution in [-0.2, 0) is 9.09 Å². The molecule has 0 aliphatic heterocycles. The van der Waals surface area contributed by atoms with Crippen molar-refractivity contribution in [2.75, 3.05) is 10.7 Å². The molecule has 0 spiro atoms. The molecule has 6 heteroatoms. The Morgan fingerprint density at radius 1 is 1.50 bits per heavy atom. The lowest BCUT2D eigenvalue weighted by atomic mass is 9.90. The molecule has 0 bridgehead atoms. The molecule has 0 amide bonds. The SMILES string of the molecule is C=C(C)C(CCBr)(CCBr)O[PH](=O)O. The summed E-state index contributed by atoms with van der Waals surface area (Å²) in [5.74, 6) is 0. The molecule has 0 fully saturated rings. The van der Waals surface area contributed by atoms with E-state index in [1.807, 2.05) is 6.92 Å². The molecule has 0 radical (unpaired) electrons. The predicted octanol–water partition coefficient (Wildman–Crippen LogP) is 3.27. The summed E-state index contributed by atoms with van der Waals surface area (Å²) < 4.78 is 15.9. The van der Waals surface area contributed by atoms with Gasteiger partial charge in [0, 0.05) is 10.7 Å². The van der Waals surface area contributed by atoms with E-state index >= 15 is 0 Å². The highest BCUT2D eigenvalue weighted by Gasteiger charge is 2.32. The van der Waals surface area contributed by atoms with Crippen molar-refractivity contribution < 1.29 is 14.0 Å². The molecule has 84 valence electrons.